The summed E-state index contributed by atoms with van der Waals surface area (Å²) < 4.78 is 10.7. The van der Waals surface area contributed by atoms with Gasteiger partial charge >= 0.3 is 0 Å². The number of aryl methyl sites for hydroxylation is 2. The van der Waals surface area contributed by atoms with Gasteiger partial charge in [0.25, 0.3) is 5.91 Å². The average molecular weight is 527 g/mol. The van der Waals surface area contributed by atoms with Crippen LogP contribution in [0, 0.1) is 13.8 Å². The number of benzene rings is 4. The number of ether oxygens (including phenoxy) is 2. The van der Waals surface area contributed by atoms with Crippen LogP contribution in [0.5, 0.6) is 11.5 Å². The summed E-state index contributed by atoms with van der Waals surface area (Å²) in [5.41, 5.74) is 4.62. The van der Waals surface area contributed by atoms with Crippen LogP contribution < -0.4 is 20.1 Å². The third kappa shape index (κ3) is 6.18. The molecule has 6 nitrogen and oxygen atoms in total. The van der Waals surface area contributed by atoms with Crippen molar-refractivity contribution in [3.63, 3.8) is 0 Å². The molecule has 4 rings (SSSR count). The predicted octanol–water partition coefficient (Wildman–Crippen LogP) is 7.05. The van der Waals surface area contributed by atoms with Crippen LogP contribution in [-0.2, 0) is 4.79 Å². The minimum atomic E-state index is -0.504. The summed E-state index contributed by atoms with van der Waals surface area (Å²) in [6.07, 6.45) is 0. The summed E-state index contributed by atoms with van der Waals surface area (Å²) >= 11 is 1.42. The molecule has 0 spiro atoms. The summed E-state index contributed by atoms with van der Waals surface area (Å²) in [5.74, 6) is 0.361. The maximum atomic E-state index is 13.6. The largest absolute Gasteiger partial charge is 0.496 e. The van der Waals surface area contributed by atoms with Gasteiger partial charge in [-0.1, -0.05) is 60.7 Å². The van der Waals surface area contributed by atoms with Gasteiger partial charge in [-0.3, -0.25) is 9.59 Å². The fraction of sp³-hybridized carbons (Fsp3) is 0.161. The normalized spacial score (nSPS) is 11.4. The molecule has 194 valence electrons. The highest BCUT2D eigenvalue weighted by atomic mass is 32.2. The molecule has 0 saturated carbocycles. The van der Waals surface area contributed by atoms with Gasteiger partial charge in [0, 0.05) is 16.3 Å². The molecule has 7 heteroatoms. The highest BCUT2D eigenvalue weighted by molar-refractivity contribution is 8.00. The molecule has 4 aromatic carbocycles. The third-order valence-electron chi connectivity index (χ3n) is 6.07. The number of carbonyl (C=O) groups is 2. The molecule has 0 heterocycles. The van der Waals surface area contributed by atoms with Crippen LogP contribution in [0.15, 0.2) is 95.9 Å². The Morgan fingerprint density at radius 1 is 0.737 bits per heavy atom. The second-order valence-corrected chi connectivity index (χ2v) is 9.86. The van der Waals surface area contributed by atoms with Gasteiger partial charge < -0.3 is 20.1 Å². The number of hydrogen-bond donors (Lipinski definition) is 2. The zero-order valence-electron chi connectivity index (χ0n) is 21.8. The van der Waals surface area contributed by atoms with E-state index in [-0.39, 0.29) is 11.8 Å². The lowest BCUT2D eigenvalue weighted by Crippen LogP contribution is -2.20. The smallest absolute Gasteiger partial charge is 0.263 e. The highest BCUT2D eigenvalue weighted by Gasteiger charge is 2.24. The number of para-hydroxylation sites is 1. The number of thioether (sulfide) groups is 1. The maximum absolute atomic E-state index is 13.6. The van der Waals surface area contributed by atoms with E-state index in [1.54, 1.807) is 24.3 Å². The number of amides is 2. The minimum Gasteiger partial charge on any atom is -0.496 e. The van der Waals surface area contributed by atoms with Crippen LogP contribution >= 0.6 is 11.8 Å². The molecule has 0 bridgehead atoms. The molecule has 1 unspecified atom stereocenters. The van der Waals surface area contributed by atoms with E-state index in [0.717, 1.165) is 27.3 Å². The van der Waals surface area contributed by atoms with Crippen molar-refractivity contribution in [3.8, 4) is 11.5 Å². The fourth-order valence-electron chi connectivity index (χ4n) is 4.15. The minimum absolute atomic E-state index is 0.119. The Balaban J connectivity index is 1.59. The maximum Gasteiger partial charge on any atom is 0.263 e. The summed E-state index contributed by atoms with van der Waals surface area (Å²) in [4.78, 5) is 27.6. The topological polar surface area (TPSA) is 76.7 Å². The molecule has 0 aliphatic rings. The number of anilines is 2. The van der Waals surface area contributed by atoms with Crippen LogP contribution in [0.1, 0.15) is 32.3 Å². The Hall–Kier alpha value is -4.23. The summed E-state index contributed by atoms with van der Waals surface area (Å²) in [6, 6.07) is 28.2. The Bertz CT molecular complexity index is 1400. The van der Waals surface area contributed by atoms with E-state index >= 15 is 0 Å². The molecule has 2 N–H and O–H groups in total. The standard InChI is InChI=1S/C31H30N2O4S/c1-20-11-8-12-21(2)28(20)33-31(35)29(22-13-6-5-7-14-22)38-24-16-9-15-23(19-24)32-30(34)27-25(36-3)17-10-18-26(27)37-4/h5-19,29H,1-4H3,(H,32,34)(H,33,35). The van der Waals surface area contributed by atoms with Crippen molar-refractivity contribution in [1.82, 2.24) is 0 Å². The Morgan fingerprint density at radius 3 is 1.97 bits per heavy atom. The SMILES string of the molecule is COc1cccc(OC)c1C(=O)Nc1cccc(SC(C(=O)Nc2c(C)cccc2C)c2ccccc2)c1. The lowest BCUT2D eigenvalue weighted by molar-refractivity contribution is -0.115. The molecule has 0 aliphatic heterocycles. The first-order valence-corrected chi connectivity index (χ1v) is 13.0. The van der Waals surface area contributed by atoms with Crippen LogP contribution in [-0.4, -0.2) is 26.0 Å². The molecule has 4 aromatic rings. The number of nitrogens with one attached hydrogen (secondary N) is 2. The molecule has 0 fully saturated rings. The Labute approximate surface area is 227 Å². The predicted molar refractivity (Wildman–Crippen MR) is 154 cm³/mol. The van der Waals surface area contributed by atoms with Gasteiger partial charge in [-0.05, 0) is 60.9 Å². The summed E-state index contributed by atoms with van der Waals surface area (Å²) in [6.45, 7) is 3.96. The van der Waals surface area contributed by atoms with Crippen molar-refractivity contribution in [3.05, 3.63) is 113 Å². The van der Waals surface area contributed by atoms with Crippen molar-refractivity contribution in [1.29, 1.82) is 0 Å². The molecule has 0 aliphatic carbocycles. The van der Waals surface area contributed by atoms with Crippen molar-refractivity contribution in [2.24, 2.45) is 0 Å². The first kappa shape index (κ1) is 26.8. The summed E-state index contributed by atoms with van der Waals surface area (Å²) in [5, 5.41) is 5.56. The zero-order valence-corrected chi connectivity index (χ0v) is 22.6. The van der Waals surface area contributed by atoms with Gasteiger partial charge in [0.2, 0.25) is 5.91 Å². The first-order valence-electron chi connectivity index (χ1n) is 12.1. The average Bonchev–Trinajstić information content (AvgIpc) is 2.93. The highest BCUT2D eigenvalue weighted by Crippen LogP contribution is 2.38. The molecule has 0 saturated heterocycles. The quantitative estimate of drug-likeness (QED) is 0.229. The van der Waals surface area contributed by atoms with Gasteiger partial charge in [-0.2, -0.15) is 0 Å². The molecule has 0 aromatic heterocycles. The van der Waals surface area contributed by atoms with E-state index in [4.69, 9.17) is 9.47 Å². The second kappa shape index (κ2) is 12.3. The Kier molecular flexibility index (Phi) is 8.71. The lowest BCUT2D eigenvalue weighted by Gasteiger charge is -2.19. The number of hydrogen-bond acceptors (Lipinski definition) is 5. The van der Waals surface area contributed by atoms with Crippen LogP contribution in [0.3, 0.4) is 0 Å². The van der Waals surface area contributed by atoms with Gasteiger partial charge in [-0.25, -0.2) is 0 Å². The molecule has 1 atom stereocenters. The van der Waals surface area contributed by atoms with E-state index in [9.17, 15) is 9.59 Å². The first-order chi connectivity index (χ1) is 18.4. The van der Waals surface area contributed by atoms with Gasteiger partial charge in [-0.15, -0.1) is 11.8 Å². The van der Waals surface area contributed by atoms with Crippen LogP contribution in [0.2, 0.25) is 0 Å². The van der Waals surface area contributed by atoms with E-state index in [1.807, 2.05) is 80.6 Å². The van der Waals surface area contributed by atoms with E-state index in [2.05, 4.69) is 10.6 Å². The van der Waals surface area contributed by atoms with E-state index < -0.39 is 5.25 Å². The monoisotopic (exact) mass is 526 g/mol. The Morgan fingerprint density at radius 2 is 1.34 bits per heavy atom. The molecular weight excluding hydrogens is 496 g/mol. The lowest BCUT2D eigenvalue weighted by atomic mass is 10.1. The third-order valence-corrected chi connectivity index (χ3v) is 7.32. The number of rotatable bonds is 9. The molecular formula is C31H30N2O4S. The van der Waals surface area contributed by atoms with Crippen molar-refractivity contribution in [2.75, 3.05) is 24.9 Å². The summed E-state index contributed by atoms with van der Waals surface area (Å²) in [7, 11) is 3.02. The number of methoxy groups -OCH3 is 2. The van der Waals surface area contributed by atoms with Crippen molar-refractivity contribution in [2.45, 2.75) is 24.0 Å². The number of carbonyl (C=O) groups excluding carboxylic acids is 2. The van der Waals surface area contributed by atoms with Gasteiger partial charge in [0.1, 0.15) is 22.3 Å². The van der Waals surface area contributed by atoms with Crippen LogP contribution in [0.25, 0.3) is 0 Å². The fourth-order valence-corrected chi connectivity index (χ4v) is 5.24. The van der Waals surface area contributed by atoms with Crippen molar-refractivity contribution >= 4 is 35.0 Å². The zero-order chi connectivity index (χ0) is 27.1. The molecule has 38 heavy (non-hydrogen) atoms. The second-order valence-electron chi connectivity index (χ2n) is 8.68. The van der Waals surface area contributed by atoms with Crippen molar-refractivity contribution < 1.29 is 19.1 Å². The van der Waals surface area contributed by atoms with Crippen LogP contribution in [0.4, 0.5) is 11.4 Å². The molecule has 2 amide bonds. The van der Waals surface area contributed by atoms with Gasteiger partial charge in [0.15, 0.2) is 0 Å². The molecule has 0 radical (unpaired) electrons. The van der Waals surface area contributed by atoms with E-state index in [1.165, 1.54) is 26.0 Å². The van der Waals surface area contributed by atoms with E-state index in [0.29, 0.717) is 22.7 Å². The van der Waals surface area contributed by atoms with Gasteiger partial charge in [0.05, 0.1) is 14.2 Å².